The number of esters is 1. The number of thioether (sulfide) groups is 1. The van der Waals surface area contributed by atoms with Crippen LogP contribution in [0.5, 0.6) is 0 Å². The number of allylic oxidation sites excluding steroid dienone is 1. The quantitative estimate of drug-likeness (QED) is 0.703. The van der Waals surface area contributed by atoms with Gasteiger partial charge in [0.15, 0.2) is 5.17 Å². The van der Waals surface area contributed by atoms with E-state index in [2.05, 4.69) is 10.3 Å². The SMILES string of the molecule is COC(=O)C1=C(C)N=C2SC=C(CC(=O)NC3CCCCC3)N2[C@H]1c1ccsc1. The van der Waals surface area contributed by atoms with Crippen LogP contribution in [0.2, 0.25) is 0 Å². The number of thiophene rings is 1. The molecule has 1 aromatic heterocycles. The Morgan fingerprint density at radius 2 is 2.10 bits per heavy atom. The van der Waals surface area contributed by atoms with Crippen LogP contribution >= 0.6 is 23.1 Å². The van der Waals surface area contributed by atoms with Crippen molar-refractivity contribution in [2.24, 2.45) is 4.99 Å². The maximum Gasteiger partial charge on any atom is 0.338 e. The first-order valence-corrected chi connectivity index (χ1v) is 11.7. The molecule has 0 unspecified atom stereocenters. The Bertz CT molecular complexity index is 883. The van der Waals surface area contributed by atoms with Crippen molar-refractivity contribution in [3.8, 4) is 0 Å². The lowest BCUT2D eigenvalue weighted by Gasteiger charge is -2.35. The van der Waals surface area contributed by atoms with Crippen LogP contribution in [0, 0.1) is 0 Å². The van der Waals surface area contributed by atoms with Gasteiger partial charge in [0.1, 0.15) is 0 Å². The van der Waals surface area contributed by atoms with Crippen LogP contribution in [0.3, 0.4) is 0 Å². The molecule has 0 saturated heterocycles. The Labute approximate surface area is 179 Å². The van der Waals surface area contributed by atoms with E-state index in [1.165, 1.54) is 38.1 Å². The number of fused-ring (bicyclic) bond motifs is 1. The topological polar surface area (TPSA) is 71.0 Å². The average Bonchev–Trinajstić information content (AvgIpc) is 3.38. The van der Waals surface area contributed by atoms with Crippen molar-refractivity contribution in [2.45, 2.75) is 57.5 Å². The van der Waals surface area contributed by atoms with Crippen molar-refractivity contribution in [3.05, 3.63) is 44.8 Å². The normalized spacial score (nSPS) is 22.1. The number of aliphatic imine (C=N–C) groups is 1. The Morgan fingerprint density at radius 1 is 1.31 bits per heavy atom. The number of ether oxygens (including phenoxy) is 1. The van der Waals surface area contributed by atoms with Crippen molar-refractivity contribution in [1.29, 1.82) is 0 Å². The number of nitrogens with zero attached hydrogens (tertiary/aromatic N) is 2. The molecule has 0 spiro atoms. The lowest BCUT2D eigenvalue weighted by molar-refractivity contribution is -0.136. The highest BCUT2D eigenvalue weighted by atomic mass is 32.2. The second-order valence-electron chi connectivity index (χ2n) is 7.52. The molecule has 154 valence electrons. The fourth-order valence-electron chi connectivity index (χ4n) is 4.18. The first kappa shape index (κ1) is 20.2. The van der Waals surface area contributed by atoms with E-state index in [0.717, 1.165) is 29.3 Å². The van der Waals surface area contributed by atoms with Gasteiger partial charge in [0.2, 0.25) is 5.91 Å². The summed E-state index contributed by atoms with van der Waals surface area (Å²) >= 11 is 3.08. The number of amides is 1. The molecular weight excluding hydrogens is 406 g/mol. The van der Waals surface area contributed by atoms with E-state index in [0.29, 0.717) is 11.3 Å². The zero-order chi connectivity index (χ0) is 20.4. The predicted molar refractivity (Wildman–Crippen MR) is 116 cm³/mol. The molecule has 2 aliphatic heterocycles. The third kappa shape index (κ3) is 4.14. The number of nitrogens with one attached hydrogen (secondary N) is 1. The van der Waals surface area contributed by atoms with E-state index < -0.39 is 0 Å². The summed E-state index contributed by atoms with van der Waals surface area (Å²) < 4.78 is 5.06. The molecule has 1 aliphatic carbocycles. The van der Waals surface area contributed by atoms with Crippen LogP contribution < -0.4 is 5.32 Å². The largest absolute Gasteiger partial charge is 0.466 e. The van der Waals surface area contributed by atoms with Crippen molar-refractivity contribution in [2.75, 3.05) is 7.11 Å². The van der Waals surface area contributed by atoms with Crippen molar-refractivity contribution in [1.82, 2.24) is 10.2 Å². The van der Waals surface area contributed by atoms with Gasteiger partial charge in [0.05, 0.1) is 30.8 Å². The first-order chi connectivity index (χ1) is 14.1. The third-order valence-corrected chi connectivity index (χ3v) is 7.17. The van der Waals surface area contributed by atoms with Crippen LogP contribution in [0.1, 0.15) is 57.1 Å². The molecule has 0 bridgehead atoms. The number of rotatable bonds is 5. The molecule has 0 radical (unpaired) electrons. The van der Waals surface area contributed by atoms with Gasteiger partial charge in [-0.2, -0.15) is 11.3 Å². The van der Waals surface area contributed by atoms with Gasteiger partial charge in [0.25, 0.3) is 0 Å². The van der Waals surface area contributed by atoms with Gasteiger partial charge in [-0.25, -0.2) is 9.79 Å². The highest BCUT2D eigenvalue weighted by Crippen LogP contribution is 2.45. The highest BCUT2D eigenvalue weighted by Gasteiger charge is 2.41. The van der Waals surface area contributed by atoms with Gasteiger partial charge in [-0.1, -0.05) is 31.0 Å². The fourth-order valence-corrected chi connectivity index (χ4v) is 5.82. The minimum absolute atomic E-state index is 0.0277. The number of amidine groups is 1. The summed E-state index contributed by atoms with van der Waals surface area (Å²) in [4.78, 5) is 32.0. The summed E-state index contributed by atoms with van der Waals surface area (Å²) in [6.45, 7) is 1.84. The average molecular weight is 432 g/mol. The molecule has 1 atom stereocenters. The van der Waals surface area contributed by atoms with E-state index in [1.807, 2.05) is 34.1 Å². The zero-order valence-corrected chi connectivity index (χ0v) is 18.3. The summed E-state index contributed by atoms with van der Waals surface area (Å²) in [6, 6.07) is 1.96. The second-order valence-corrected chi connectivity index (χ2v) is 9.14. The maximum atomic E-state index is 12.7. The lowest BCUT2D eigenvalue weighted by Crippen LogP contribution is -2.40. The molecular formula is C21H25N3O3S2. The molecule has 0 aromatic carbocycles. The Balaban J connectivity index is 1.58. The third-order valence-electron chi connectivity index (χ3n) is 5.58. The fraction of sp³-hybridized carbons (Fsp3) is 0.476. The molecule has 1 amide bonds. The summed E-state index contributed by atoms with van der Waals surface area (Å²) in [7, 11) is 1.39. The number of carbonyl (C=O) groups excluding carboxylic acids is 2. The molecule has 1 saturated carbocycles. The number of methoxy groups -OCH3 is 1. The van der Waals surface area contributed by atoms with Crippen molar-refractivity contribution < 1.29 is 14.3 Å². The number of hydrogen-bond donors (Lipinski definition) is 1. The predicted octanol–water partition coefficient (Wildman–Crippen LogP) is 4.34. The Morgan fingerprint density at radius 3 is 2.79 bits per heavy atom. The molecule has 8 heteroatoms. The van der Waals surface area contributed by atoms with Crippen LogP contribution in [-0.4, -0.2) is 35.1 Å². The van der Waals surface area contributed by atoms with E-state index in [9.17, 15) is 9.59 Å². The molecule has 4 rings (SSSR count). The van der Waals surface area contributed by atoms with E-state index >= 15 is 0 Å². The smallest absolute Gasteiger partial charge is 0.338 e. The van der Waals surface area contributed by atoms with Gasteiger partial charge in [-0.3, -0.25) is 4.79 Å². The summed E-state index contributed by atoms with van der Waals surface area (Å²) in [5.74, 6) is -0.357. The summed E-state index contributed by atoms with van der Waals surface area (Å²) in [6.07, 6.45) is 6.00. The first-order valence-electron chi connectivity index (χ1n) is 9.92. The summed E-state index contributed by atoms with van der Waals surface area (Å²) in [5.41, 5.74) is 3.05. The molecule has 29 heavy (non-hydrogen) atoms. The van der Waals surface area contributed by atoms with Gasteiger partial charge in [0, 0.05) is 11.7 Å². The van der Waals surface area contributed by atoms with Crippen molar-refractivity contribution in [3.63, 3.8) is 0 Å². The minimum atomic E-state index is -0.385. The lowest BCUT2D eigenvalue weighted by atomic mass is 9.95. The van der Waals surface area contributed by atoms with Gasteiger partial charge in [-0.05, 0) is 47.6 Å². The molecule has 1 aromatic rings. The zero-order valence-electron chi connectivity index (χ0n) is 16.6. The van der Waals surface area contributed by atoms with Crippen LogP contribution in [0.25, 0.3) is 0 Å². The summed E-state index contributed by atoms with van der Waals surface area (Å²) in [5, 5.41) is 9.99. The Kier molecular flexibility index (Phi) is 6.10. The molecule has 3 heterocycles. The molecule has 3 aliphatic rings. The van der Waals surface area contributed by atoms with Gasteiger partial charge in [-0.15, -0.1) is 0 Å². The number of hydrogen-bond acceptors (Lipinski definition) is 7. The minimum Gasteiger partial charge on any atom is -0.466 e. The molecule has 1 fully saturated rings. The van der Waals surface area contributed by atoms with E-state index in [-0.39, 0.29) is 30.4 Å². The monoisotopic (exact) mass is 431 g/mol. The maximum absolute atomic E-state index is 12.7. The van der Waals surface area contributed by atoms with E-state index in [1.54, 1.807) is 11.3 Å². The van der Waals surface area contributed by atoms with Gasteiger partial charge >= 0.3 is 5.97 Å². The van der Waals surface area contributed by atoms with Crippen LogP contribution in [-0.2, 0) is 14.3 Å². The molecule has 6 nitrogen and oxygen atoms in total. The standard InChI is InChI=1S/C21H25N3O3S2/c1-13-18(20(26)27-2)19(14-8-9-28-11-14)24-16(12-29-21(24)22-13)10-17(25)23-15-6-4-3-5-7-15/h8-9,11-12,15,19H,3-7,10H2,1-2H3,(H,23,25)/t19-/m0/s1. The second kappa shape index (κ2) is 8.75. The highest BCUT2D eigenvalue weighted by molar-refractivity contribution is 8.16. The van der Waals surface area contributed by atoms with Crippen LogP contribution in [0.4, 0.5) is 0 Å². The van der Waals surface area contributed by atoms with Crippen molar-refractivity contribution >= 4 is 40.1 Å². The van der Waals surface area contributed by atoms with Gasteiger partial charge < -0.3 is 15.0 Å². The Hall–Kier alpha value is -2.06. The number of carbonyl (C=O) groups is 2. The van der Waals surface area contributed by atoms with Crippen LogP contribution in [0.15, 0.2) is 44.2 Å². The van der Waals surface area contributed by atoms with E-state index in [4.69, 9.17) is 4.74 Å². The molecule has 1 N–H and O–H groups in total.